The van der Waals surface area contributed by atoms with Crippen molar-refractivity contribution < 1.29 is 24.2 Å². The van der Waals surface area contributed by atoms with E-state index in [0.29, 0.717) is 26.2 Å². The monoisotopic (exact) mass is 321 g/mol. The first-order valence-electron chi connectivity index (χ1n) is 7.79. The maximum Gasteiger partial charge on any atom is 0.328 e. The van der Waals surface area contributed by atoms with Gasteiger partial charge in [-0.15, -0.1) is 0 Å². The molecule has 0 aliphatic carbocycles. The van der Waals surface area contributed by atoms with E-state index in [1.165, 1.54) is 10.5 Å². The van der Waals surface area contributed by atoms with Crippen molar-refractivity contribution in [2.75, 3.05) is 26.4 Å². The van der Waals surface area contributed by atoms with E-state index in [2.05, 4.69) is 0 Å². The molecule has 1 aromatic rings. The minimum Gasteiger partial charge on any atom is -0.494 e. The van der Waals surface area contributed by atoms with Gasteiger partial charge >= 0.3 is 5.97 Å². The van der Waals surface area contributed by atoms with Gasteiger partial charge < -0.3 is 19.5 Å². The number of carbonyl (C=O) groups excluding carboxylic acids is 1. The minimum absolute atomic E-state index is 0.0558. The molecule has 0 bridgehead atoms. The Morgan fingerprint density at radius 1 is 1.35 bits per heavy atom. The summed E-state index contributed by atoms with van der Waals surface area (Å²) >= 11 is 0. The van der Waals surface area contributed by atoms with E-state index in [0.717, 1.165) is 11.3 Å². The molecular weight excluding hydrogens is 298 g/mol. The van der Waals surface area contributed by atoms with Crippen LogP contribution in [0.15, 0.2) is 18.2 Å². The minimum atomic E-state index is -1.02. The summed E-state index contributed by atoms with van der Waals surface area (Å²) in [4.78, 5) is 24.7. The van der Waals surface area contributed by atoms with Gasteiger partial charge in [-0.3, -0.25) is 4.79 Å². The second-order valence-corrected chi connectivity index (χ2v) is 5.71. The third-order valence-electron chi connectivity index (χ3n) is 4.02. The normalized spacial score (nSPS) is 17.8. The van der Waals surface area contributed by atoms with E-state index >= 15 is 0 Å². The van der Waals surface area contributed by atoms with Crippen molar-refractivity contribution in [2.45, 2.75) is 32.7 Å². The van der Waals surface area contributed by atoms with Gasteiger partial charge in [0.25, 0.3) is 0 Å². The van der Waals surface area contributed by atoms with Crippen molar-refractivity contribution >= 4 is 11.9 Å². The highest BCUT2D eigenvalue weighted by molar-refractivity contribution is 5.84. The van der Waals surface area contributed by atoms with Gasteiger partial charge in [0.1, 0.15) is 5.75 Å². The van der Waals surface area contributed by atoms with E-state index < -0.39 is 12.0 Å². The molecule has 2 rings (SSSR count). The number of rotatable bonds is 6. The third kappa shape index (κ3) is 4.69. The molecule has 23 heavy (non-hydrogen) atoms. The SMILES string of the molecule is Cc1ccc(OCCCC(=O)N2CCOCC2C(=O)O)cc1C. The molecule has 6 heteroatoms. The van der Waals surface area contributed by atoms with Gasteiger partial charge in [-0.2, -0.15) is 0 Å². The first-order valence-corrected chi connectivity index (χ1v) is 7.79. The first-order chi connectivity index (χ1) is 11.0. The van der Waals surface area contributed by atoms with Crippen LogP contribution in [0.4, 0.5) is 0 Å². The molecule has 1 atom stereocenters. The molecule has 126 valence electrons. The van der Waals surface area contributed by atoms with E-state index in [1.54, 1.807) is 0 Å². The topological polar surface area (TPSA) is 76.1 Å². The summed E-state index contributed by atoms with van der Waals surface area (Å²) in [7, 11) is 0. The van der Waals surface area contributed by atoms with Crippen LogP contribution in [-0.4, -0.2) is 54.3 Å². The molecule has 6 nitrogen and oxygen atoms in total. The highest BCUT2D eigenvalue weighted by Gasteiger charge is 2.32. The molecule has 0 saturated carbocycles. The number of carboxylic acids is 1. The Morgan fingerprint density at radius 2 is 2.13 bits per heavy atom. The second kappa shape index (κ2) is 7.97. The van der Waals surface area contributed by atoms with Crippen molar-refractivity contribution in [1.82, 2.24) is 4.90 Å². The van der Waals surface area contributed by atoms with Crippen molar-refractivity contribution in [3.63, 3.8) is 0 Å². The molecule has 1 heterocycles. The number of carbonyl (C=O) groups is 2. The number of aliphatic carboxylic acids is 1. The second-order valence-electron chi connectivity index (χ2n) is 5.71. The standard InChI is InChI=1S/C17H23NO5/c1-12-5-6-14(10-13(12)2)23-8-3-4-16(19)18-7-9-22-11-15(18)17(20)21/h5-6,10,15H,3-4,7-9,11H2,1-2H3,(H,20,21). The zero-order valence-electron chi connectivity index (χ0n) is 13.6. The summed E-state index contributed by atoms with van der Waals surface area (Å²) in [5.74, 6) is -0.399. The predicted molar refractivity (Wildman–Crippen MR) is 84.6 cm³/mol. The lowest BCUT2D eigenvalue weighted by atomic mass is 10.1. The average Bonchev–Trinajstić information content (AvgIpc) is 2.54. The van der Waals surface area contributed by atoms with Gasteiger partial charge in [-0.05, 0) is 43.5 Å². The lowest BCUT2D eigenvalue weighted by Crippen LogP contribution is -2.52. The van der Waals surface area contributed by atoms with Gasteiger partial charge in [-0.25, -0.2) is 4.79 Å². The van der Waals surface area contributed by atoms with Gasteiger partial charge in [-0.1, -0.05) is 6.07 Å². The molecule has 1 amide bonds. The maximum atomic E-state index is 12.2. The Labute approximate surface area is 136 Å². The molecule has 1 unspecified atom stereocenters. The summed E-state index contributed by atoms with van der Waals surface area (Å²) in [6.45, 7) is 5.26. The van der Waals surface area contributed by atoms with E-state index in [-0.39, 0.29) is 18.9 Å². The molecule has 0 radical (unpaired) electrons. The van der Waals surface area contributed by atoms with Gasteiger partial charge in [0.15, 0.2) is 6.04 Å². The molecular formula is C17H23NO5. The van der Waals surface area contributed by atoms with Gasteiger partial charge in [0.05, 0.1) is 19.8 Å². The van der Waals surface area contributed by atoms with Crippen LogP contribution in [0.1, 0.15) is 24.0 Å². The number of hydrogen-bond donors (Lipinski definition) is 1. The highest BCUT2D eigenvalue weighted by Crippen LogP contribution is 2.17. The van der Waals surface area contributed by atoms with Crippen molar-refractivity contribution in [2.24, 2.45) is 0 Å². The van der Waals surface area contributed by atoms with E-state index in [9.17, 15) is 9.59 Å². The predicted octanol–water partition coefficient (Wildman–Crippen LogP) is 1.77. The quantitative estimate of drug-likeness (QED) is 0.808. The first kappa shape index (κ1) is 17.3. The zero-order valence-corrected chi connectivity index (χ0v) is 13.6. The number of amides is 1. The summed E-state index contributed by atoms with van der Waals surface area (Å²) in [6, 6.07) is 5.00. The molecule has 0 aromatic heterocycles. The van der Waals surface area contributed by atoms with Crippen LogP contribution in [0.5, 0.6) is 5.75 Å². The number of morpholine rings is 1. The molecule has 1 aliphatic heterocycles. The number of ether oxygens (including phenoxy) is 2. The number of benzene rings is 1. The fourth-order valence-corrected chi connectivity index (χ4v) is 2.47. The molecule has 1 saturated heterocycles. The lowest BCUT2D eigenvalue weighted by Gasteiger charge is -2.32. The Morgan fingerprint density at radius 3 is 2.83 bits per heavy atom. The molecule has 0 spiro atoms. The van der Waals surface area contributed by atoms with Crippen LogP contribution >= 0.6 is 0 Å². The Hall–Kier alpha value is -2.08. The van der Waals surface area contributed by atoms with Crippen LogP contribution in [-0.2, 0) is 14.3 Å². The maximum absolute atomic E-state index is 12.2. The lowest BCUT2D eigenvalue weighted by molar-refractivity contribution is -0.158. The summed E-state index contributed by atoms with van der Waals surface area (Å²) in [6.07, 6.45) is 0.823. The number of carboxylic acid groups (broad SMARTS) is 1. The summed E-state index contributed by atoms with van der Waals surface area (Å²) in [5, 5.41) is 9.13. The summed E-state index contributed by atoms with van der Waals surface area (Å²) < 4.78 is 10.8. The largest absolute Gasteiger partial charge is 0.494 e. The van der Waals surface area contributed by atoms with Gasteiger partial charge in [0.2, 0.25) is 5.91 Å². The van der Waals surface area contributed by atoms with Crippen LogP contribution < -0.4 is 4.74 Å². The molecule has 1 aliphatic rings. The number of hydrogen-bond acceptors (Lipinski definition) is 4. The third-order valence-corrected chi connectivity index (χ3v) is 4.02. The highest BCUT2D eigenvalue weighted by atomic mass is 16.5. The van der Waals surface area contributed by atoms with Crippen LogP contribution in [0.2, 0.25) is 0 Å². The molecule has 1 fully saturated rings. The average molecular weight is 321 g/mol. The molecule has 1 aromatic carbocycles. The molecule has 1 N–H and O–H groups in total. The van der Waals surface area contributed by atoms with Crippen LogP contribution in [0, 0.1) is 13.8 Å². The fourth-order valence-electron chi connectivity index (χ4n) is 2.47. The fraction of sp³-hybridized carbons (Fsp3) is 0.529. The Bertz CT molecular complexity index is 572. The van der Waals surface area contributed by atoms with Gasteiger partial charge in [0, 0.05) is 13.0 Å². The Balaban J connectivity index is 1.77. The number of aryl methyl sites for hydroxylation is 2. The van der Waals surface area contributed by atoms with E-state index in [1.807, 2.05) is 32.0 Å². The smallest absolute Gasteiger partial charge is 0.328 e. The van der Waals surface area contributed by atoms with Crippen molar-refractivity contribution in [3.8, 4) is 5.75 Å². The van der Waals surface area contributed by atoms with Crippen molar-refractivity contribution in [1.29, 1.82) is 0 Å². The van der Waals surface area contributed by atoms with Crippen LogP contribution in [0.3, 0.4) is 0 Å². The Kier molecular flexibility index (Phi) is 5.98. The van der Waals surface area contributed by atoms with Crippen LogP contribution in [0.25, 0.3) is 0 Å². The number of nitrogens with zero attached hydrogens (tertiary/aromatic N) is 1. The van der Waals surface area contributed by atoms with Crippen molar-refractivity contribution in [3.05, 3.63) is 29.3 Å². The van der Waals surface area contributed by atoms with E-state index in [4.69, 9.17) is 14.6 Å². The zero-order chi connectivity index (χ0) is 16.8. The summed E-state index contributed by atoms with van der Waals surface area (Å²) in [5.41, 5.74) is 2.37.